The van der Waals surface area contributed by atoms with E-state index in [1.807, 2.05) is 49.3 Å². The summed E-state index contributed by atoms with van der Waals surface area (Å²) in [5, 5.41) is 3.49. The number of nitrogens with zero attached hydrogens (tertiary/aromatic N) is 3. The van der Waals surface area contributed by atoms with Crippen LogP contribution in [0.15, 0.2) is 58.1 Å². The first-order valence-corrected chi connectivity index (χ1v) is 10.4. The number of carbonyl (C=O) groups is 1. The van der Waals surface area contributed by atoms with Crippen LogP contribution >= 0.6 is 15.9 Å². The molecule has 0 aliphatic carbocycles. The molecular formula is C22H25BrN4O3. The Labute approximate surface area is 183 Å². The van der Waals surface area contributed by atoms with Crippen molar-refractivity contribution in [1.82, 2.24) is 19.8 Å². The highest BCUT2D eigenvalue weighted by atomic mass is 79.9. The maximum absolute atomic E-state index is 12.7. The monoisotopic (exact) mass is 472 g/mol. The molecule has 3 aromatic rings. The molecule has 0 saturated heterocycles. The largest absolute Gasteiger partial charge is 0.496 e. The van der Waals surface area contributed by atoms with Gasteiger partial charge in [-0.3, -0.25) is 14.2 Å². The second-order valence-corrected chi connectivity index (χ2v) is 8.10. The van der Waals surface area contributed by atoms with Gasteiger partial charge in [-0.25, -0.2) is 4.98 Å². The second-order valence-electron chi connectivity index (χ2n) is 7.18. The van der Waals surface area contributed by atoms with Crippen molar-refractivity contribution < 1.29 is 9.53 Å². The van der Waals surface area contributed by atoms with Crippen LogP contribution in [0.3, 0.4) is 0 Å². The number of methoxy groups -OCH3 is 1. The number of benzene rings is 2. The molecule has 0 spiro atoms. The van der Waals surface area contributed by atoms with Crippen LogP contribution in [-0.2, 0) is 11.3 Å². The molecule has 0 fully saturated rings. The van der Waals surface area contributed by atoms with Gasteiger partial charge in [0.2, 0.25) is 5.91 Å². The molecule has 0 aliphatic heterocycles. The molecule has 3 rings (SSSR count). The maximum atomic E-state index is 12.7. The molecule has 1 unspecified atom stereocenters. The second kappa shape index (κ2) is 9.86. The number of ether oxygens (including phenoxy) is 1. The fourth-order valence-corrected chi connectivity index (χ4v) is 3.68. The van der Waals surface area contributed by atoms with Gasteiger partial charge in [0.1, 0.15) is 5.75 Å². The lowest BCUT2D eigenvalue weighted by Gasteiger charge is -2.26. The van der Waals surface area contributed by atoms with Crippen molar-refractivity contribution in [2.75, 3.05) is 27.7 Å². The van der Waals surface area contributed by atoms with Crippen LogP contribution in [-0.4, -0.2) is 48.1 Å². The van der Waals surface area contributed by atoms with Gasteiger partial charge in [-0.05, 0) is 38.4 Å². The summed E-state index contributed by atoms with van der Waals surface area (Å²) in [7, 11) is 5.56. The molecule has 1 aromatic heterocycles. The number of carbonyl (C=O) groups excluding carboxylic acids is 1. The summed E-state index contributed by atoms with van der Waals surface area (Å²) in [6.45, 7) is 0.700. The quantitative estimate of drug-likeness (QED) is 0.545. The Hall–Kier alpha value is -2.71. The molecule has 1 heterocycles. The van der Waals surface area contributed by atoms with E-state index >= 15 is 0 Å². The van der Waals surface area contributed by atoms with Crippen molar-refractivity contribution in [1.29, 1.82) is 0 Å². The van der Waals surface area contributed by atoms with Gasteiger partial charge in [0, 0.05) is 29.5 Å². The Kier molecular flexibility index (Phi) is 7.23. The molecule has 30 heavy (non-hydrogen) atoms. The zero-order chi connectivity index (χ0) is 21.7. The molecule has 0 saturated carbocycles. The Balaban J connectivity index is 1.65. The minimum Gasteiger partial charge on any atom is -0.496 e. The van der Waals surface area contributed by atoms with Crippen LogP contribution in [0.1, 0.15) is 18.0 Å². The third-order valence-electron chi connectivity index (χ3n) is 4.98. The van der Waals surface area contributed by atoms with E-state index in [4.69, 9.17) is 4.74 Å². The minimum absolute atomic E-state index is 0.0347. The number of halogens is 1. The number of fused-ring (bicyclic) bond motifs is 1. The van der Waals surface area contributed by atoms with Crippen LogP contribution in [0.4, 0.5) is 0 Å². The van der Waals surface area contributed by atoms with E-state index in [9.17, 15) is 9.59 Å². The first kappa shape index (κ1) is 22.0. The van der Waals surface area contributed by atoms with Gasteiger partial charge in [0.25, 0.3) is 5.56 Å². The van der Waals surface area contributed by atoms with Crippen molar-refractivity contribution >= 4 is 32.7 Å². The zero-order valence-electron chi connectivity index (χ0n) is 17.3. The van der Waals surface area contributed by atoms with Gasteiger partial charge in [0.05, 0.1) is 30.4 Å². The zero-order valence-corrected chi connectivity index (χ0v) is 18.8. The molecule has 7 nitrogen and oxygen atoms in total. The average molecular weight is 473 g/mol. The molecule has 0 aliphatic rings. The topological polar surface area (TPSA) is 76.5 Å². The minimum atomic E-state index is -0.158. The first-order valence-electron chi connectivity index (χ1n) is 9.61. The number of hydrogen-bond donors (Lipinski definition) is 1. The summed E-state index contributed by atoms with van der Waals surface area (Å²) in [5.41, 5.74) is 1.48. The summed E-state index contributed by atoms with van der Waals surface area (Å²) in [6.07, 6.45) is 1.68. The lowest BCUT2D eigenvalue weighted by molar-refractivity contribution is -0.121. The predicted octanol–water partition coefficient (Wildman–Crippen LogP) is 2.98. The highest BCUT2D eigenvalue weighted by Crippen LogP contribution is 2.27. The van der Waals surface area contributed by atoms with Crippen LogP contribution in [0.5, 0.6) is 5.75 Å². The Morgan fingerprint density at radius 3 is 2.77 bits per heavy atom. The molecule has 158 valence electrons. The van der Waals surface area contributed by atoms with Gasteiger partial charge in [-0.15, -0.1) is 0 Å². The summed E-state index contributed by atoms with van der Waals surface area (Å²) >= 11 is 3.38. The molecular weight excluding hydrogens is 448 g/mol. The standard InChI is InChI=1S/C22H25BrN4O3/c1-26(2)19(16-6-4-5-7-20(16)30-3)13-24-21(28)10-11-27-14-25-18-9-8-15(23)12-17(18)22(27)29/h4-9,12,14,19H,10-11,13H2,1-3H3,(H,24,28). The van der Waals surface area contributed by atoms with Gasteiger partial charge >= 0.3 is 0 Å². The molecule has 1 N–H and O–H groups in total. The number of nitrogens with one attached hydrogen (secondary N) is 1. The smallest absolute Gasteiger partial charge is 0.261 e. The van der Waals surface area contributed by atoms with Crippen molar-refractivity contribution in [2.45, 2.75) is 19.0 Å². The predicted molar refractivity (Wildman–Crippen MR) is 121 cm³/mol. The lowest BCUT2D eigenvalue weighted by atomic mass is 10.0. The van der Waals surface area contributed by atoms with E-state index < -0.39 is 0 Å². The summed E-state index contributed by atoms with van der Waals surface area (Å²) < 4.78 is 7.74. The number of likely N-dealkylation sites (N-methyl/N-ethyl adjacent to an activating group) is 1. The third-order valence-corrected chi connectivity index (χ3v) is 5.47. The average Bonchev–Trinajstić information content (AvgIpc) is 2.74. The van der Waals surface area contributed by atoms with E-state index in [2.05, 4.69) is 26.2 Å². The normalized spacial score (nSPS) is 12.2. The number of amides is 1. The molecule has 0 bridgehead atoms. The van der Waals surface area contributed by atoms with Crippen molar-refractivity contribution in [3.63, 3.8) is 0 Å². The molecule has 8 heteroatoms. The Bertz CT molecular complexity index is 1100. The third kappa shape index (κ3) is 5.06. The first-order chi connectivity index (χ1) is 14.4. The van der Waals surface area contributed by atoms with E-state index in [0.717, 1.165) is 15.8 Å². The number of aryl methyl sites for hydroxylation is 1. The number of rotatable bonds is 8. The van der Waals surface area contributed by atoms with Gasteiger partial charge < -0.3 is 15.0 Å². The number of hydrogen-bond acceptors (Lipinski definition) is 5. The fraction of sp³-hybridized carbons (Fsp3) is 0.318. The van der Waals surface area contributed by atoms with E-state index in [1.54, 1.807) is 19.2 Å². The van der Waals surface area contributed by atoms with Crippen molar-refractivity contribution in [3.05, 3.63) is 69.2 Å². The van der Waals surface area contributed by atoms with Crippen molar-refractivity contribution in [3.8, 4) is 5.75 Å². The summed E-state index contributed by atoms with van der Waals surface area (Å²) in [5.74, 6) is 0.656. The van der Waals surface area contributed by atoms with Gasteiger partial charge in [-0.1, -0.05) is 34.1 Å². The highest BCUT2D eigenvalue weighted by molar-refractivity contribution is 9.10. The SMILES string of the molecule is COc1ccccc1C(CNC(=O)CCn1cnc2ccc(Br)cc2c1=O)N(C)C. The summed E-state index contributed by atoms with van der Waals surface area (Å²) in [6, 6.07) is 13.1. The van der Waals surface area contributed by atoms with Crippen LogP contribution in [0.25, 0.3) is 10.9 Å². The molecule has 1 atom stereocenters. The van der Waals surface area contributed by atoms with Crippen LogP contribution in [0, 0.1) is 0 Å². The molecule has 1 amide bonds. The van der Waals surface area contributed by atoms with Gasteiger partial charge in [0.15, 0.2) is 0 Å². The van der Waals surface area contributed by atoms with Crippen molar-refractivity contribution in [2.24, 2.45) is 0 Å². The van der Waals surface area contributed by atoms with Crippen LogP contribution < -0.4 is 15.6 Å². The van der Waals surface area contributed by atoms with E-state index in [0.29, 0.717) is 17.4 Å². The maximum Gasteiger partial charge on any atom is 0.261 e. The van der Waals surface area contributed by atoms with Crippen LogP contribution in [0.2, 0.25) is 0 Å². The highest BCUT2D eigenvalue weighted by Gasteiger charge is 2.19. The Morgan fingerprint density at radius 1 is 1.27 bits per heavy atom. The number of aromatic nitrogens is 2. The fourth-order valence-electron chi connectivity index (χ4n) is 3.32. The lowest BCUT2D eigenvalue weighted by Crippen LogP contribution is -2.35. The molecule has 2 aromatic carbocycles. The molecule has 0 radical (unpaired) electrons. The van der Waals surface area contributed by atoms with E-state index in [1.165, 1.54) is 10.9 Å². The van der Waals surface area contributed by atoms with E-state index in [-0.39, 0.29) is 30.5 Å². The van der Waals surface area contributed by atoms with Gasteiger partial charge in [-0.2, -0.15) is 0 Å². The summed E-state index contributed by atoms with van der Waals surface area (Å²) in [4.78, 5) is 31.5. The Morgan fingerprint density at radius 2 is 2.03 bits per heavy atom. The number of para-hydroxylation sites is 1.